The zero-order valence-electron chi connectivity index (χ0n) is 20.4. The Morgan fingerprint density at radius 1 is 1.22 bits per heavy atom. The fourth-order valence-electron chi connectivity index (χ4n) is 5.19. The number of nitrogens with one attached hydrogen (secondary N) is 3. The number of ether oxygens (including phenoxy) is 2. The Hall–Kier alpha value is -3.11. The molecule has 0 saturated carbocycles. The number of hydrogen-bond acceptors (Lipinski definition) is 7. The van der Waals surface area contributed by atoms with Crippen LogP contribution in [0.5, 0.6) is 6.01 Å². The fourth-order valence-corrected chi connectivity index (χ4v) is 5.19. The zero-order valence-corrected chi connectivity index (χ0v) is 20.4. The summed E-state index contributed by atoms with van der Waals surface area (Å²) in [6, 6.07) is 3.89. The number of amidine groups is 1. The Morgan fingerprint density at radius 2 is 2.00 bits per heavy atom. The first-order valence-corrected chi connectivity index (χ1v) is 12.5. The van der Waals surface area contributed by atoms with Gasteiger partial charge in [0.2, 0.25) is 0 Å². The summed E-state index contributed by atoms with van der Waals surface area (Å²) < 4.78 is 39.0. The van der Waals surface area contributed by atoms with Crippen molar-refractivity contribution < 1.29 is 18.3 Å². The van der Waals surface area contributed by atoms with Gasteiger partial charge in [0.25, 0.3) is 6.43 Å². The molecular formula is C26H32F2N6O2. The van der Waals surface area contributed by atoms with Gasteiger partial charge >= 0.3 is 6.01 Å². The van der Waals surface area contributed by atoms with Gasteiger partial charge in [0.1, 0.15) is 5.84 Å². The van der Waals surface area contributed by atoms with Gasteiger partial charge in [-0.05, 0) is 48.9 Å². The van der Waals surface area contributed by atoms with E-state index < -0.39 is 6.43 Å². The van der Waals surface area contributed by atoms with Gasteiger partial charge in [-0.15, -0.1) is 0 Å². The minimum absolute atomic E-state index is 0.0847. The van der Waals surface area contributed by atoms with Crippen molar-refractivity contribution in [3.63, 3.8) is 0 Å². The maximum absolute atomic E-state index is 14.3. The van der Waals surface area contributed by atoms with Crippen LogP contribution in [0.25, 0.3) is 11.1 Å². The van der Waals surface area contributed by atoms with Crippen molar-refractivity contribution in [3.05, 3.63) is 46.9 Å². The third-order valence-electron chi connectivity index (χ3n) is 7.10. The van der Waals surface area contributed by atoms with Crippen LogP contribution in [0.4, 0.5) is 14.5 Å². The fraction of sp³-hybridized carbons (Fsp3) is 0.500. The van der Waals surface area contributed by atoms with E-state index in [0.717, 1.165) is 68.7 Å². The lowest BCUT2D eigenvalue weighted by molar-refractivity contribution is 0.0800. The largest absolute Gasteiger partial charge is 0.467 e. The van der Waals surface area contributed by atoms with Gasteiger partial charge in [0.15, 0.2) is 0 Å². The second kappa shape index (κ2) is 10.9. The van der Waals surface area contributed by atoms with Crippen LogP contribution in [-0.4, -0.2) is 61.8 Å². The predicted octanol–water partition coefficient (Wildman–Crippen LogP) is 3.84. The minimum atomic E-state index is -2.67. The first-order chi connectivity index (χ1) is 17.5. The van der Waals surface area contributed by atoms with Gasteiger partial charge in [0.05, 0.1) is 7.11 Å². The normalized spacial score (nSPS) is 18.8. The van der Waals surface area contributed by atoms with E-state index >= 15 is 0 Å². The molecule has 1 fully saturated rings. The van der Waals surface area contributed by atoms with Crippen molar-refractivity contribution in [2.75, 3.05) is 44.9 Å². The number of nitrogens with zero attached hydrogens (tertiary/aromatic N) is 3. The molecular weight excluding hydrogens is 466 g/mol. The molecule has 0 amide bonds. The van der Waals surface area contributed by atoms with Gasteiger partial charge in [-0.3, -0.25) is 5.41 Å². The maximum atomic E-state index is 14.3. The summed E-state index contributed by atoms with van der Waals surface area (Å²) in [6.07, 6.45) is 4.65. The number of benzene rings is 1. The van der Waals surface area contributed by atoms with E-state index in [-0.39, 0.29) is 11.6 Å². The second-order valence-electron chi connectivity index (χ2n) is 9.35. The highest BCUT2D eigenvalue weighted by Gasteiger charge is 2.29. The molecule has 3 aliphatic heterocycles. The molecule has 5 rings (SSSR count). The highest BCUT2D eigenvalue weighted by atomic mass is 19.3. The van der Waals surface area contributed by atoms with Crippen LogP contribution in [0.15, 0.2) is 35.8 Å². The molecule has 3 N–H and O–H groups in total. The molecule has 10 heteroatoms. The molecule has 2 aromatic rings. The Bertz CT molecular complexity index is 1130. The van der Waals surface area contributed by atoms with E-state index in [1.165, 1.54) is 19.5 Å². The van der Waals surface area contributed by atoms with Gasteiger partial charge in [0, 0.05) is 85.8 Å². The maximum Gasteiger partial charge on any atom is 0.316 e. The molecule has 0 spiro atoms. The average Bonchev–Trinajstić information content (AvgIpc) is 2.92. The Morgan fingerprint density at radius 3 is 2.72 bits per heavy atom. The molecule has 1 saturated heterocycles. The summed E-state index contributed by atoms with van der Waals surface area (Å²) in [4.78, 5) is 10.1. The van der Waals surface area contributed by atoms with E-state index in [9.17, 15) is 8.78 Å². The summed E-state index contributed by atoms with van der Waals surface area (Å²) >= 11 is 0. The van der Waals surface area contributed by atoms with Gasteiger partial charge < -0.3 is 25.0 Å². The molecule has 8 nitrogen and oxygen atoms in total. The standard InChI is InChI=1S/C26H32F2N6O2/c1-35-26-31-13-17(14-32-26)19-11-16-3-2-8-34(23(16)12-20(19)24(27)28)25(29)21-15-30-7-4-22(21)33-18-5-9-36-10-6-18/h11-14,18,24,29-30,33H,2-10,15H2,1H3. The van der Waals surface area contributed by atoms with Crippen LogP contribution in [0.1, 0.15) is 43.2 Å². The summed E-state index contributed by atoms with van der Waals surface area (Å²) in [5.74, 6) is 0.374. The molecule has 36 heavy (non-hydrogen) atoms. The first-order valence-electron chi connectivity index (χ1n) is 12.5. The highest BCUT2D eigenvalue weighted by molar-refractivity contribution is 6.09. The van der Waals surface area contributed by atoms with Crippen LogP contribution in [-0.2, 0) is 11.2 Å². The summed E-state index contributed by atoms with van der Waals surface area (Å²) in [6.45, 7) is 3.54. The van der Waals surface area contributed by atoms with E-state index in [1.54, 1.807) is 6.07 Å². The number of anilines is 1. The highest BCUT2D eigenvalue weighted by Crippen LogP contribution is 2.39. The number of rotatable bonds is 6. The lowest BCUT2D eigenvalue weighted by atomic mass is 9.92. The van der Waals surface area contributed by atoms with Crippen LogP contribution in [0, 0.1) is 5.41 Å². The number of methoxy groups -OCH3 is 1. The first kappa shape index (κ1) is 24.6. The number of halogens is 2. The van der Waals surface area contributed by atoms with E-state index in [1.807, 2.05) is 11.0 Å². The molecule has 3 aliphatic rings. The molecule has 192 valence electrons. The van der Waals surface area contributed by atoms with Crippen LogP contribution in [0.3, 0.4) is 0 Å². The summed E-state index contributed by atoms with van der Waals surface area (Å²) in [5.41, 5.74) is 4.47. The third kappa shape index (κ3) is 5.05. The SMILES string of the molecule is COc1ncc(-c2cc3c(cc2C(F)F)N(C(=N)C2=C(NC4CCOCC4)CCNC2)CCC3)cn1. The van der Waals surface area contributed by atoms with Crippen molar-refractivity contribution in [2.45, 2.75) is 44.6 Å². The van der Waals surface area contributed by atoms with Gasteiger partial charge in [-0.2, -0.15) is 0 Å². The van der Waals surface area contributed by atoms with Crippen LogP contribution in [0.2, 0.25) is 0 Å². The monoisotopic (exact) mass is 498 g/mol. The third-order valence-corrected chi connectivity index (χ3v) is 7.10. The van der Waals surface area contributed by atoms with E-state index in [4.69, 9.17) is 14.9 Å². The molecule has 0 bridgehead atoms. The molecule has 1 aromatic heterocycles. The smallest absolute Gasteiger partial charge is 0.316 e. The van der Waals surface area contributed by atoms with E-state index in [0.29, 0.717) is 41.8 Å². The van der Waals surface area contributed by atoms with Crippen molar-refractivity contribution in [1.29, 1.82) is 5.41 Å². The predicted molar refractivity (Wildman–Crippen MR) is 134 cm³/mol. The Kier molecular flexibility index (Phi) is 7.43. The lowest BCUT2D eigenvalue weighted by Gasteiger charge is -2.36. The molecule has 0 atom stereocenters. The Labute approximate surface area is 209 Å². The van der Waals surface area contributed by atoms with Gasteiger partial charge in [-0.1, -0.05) is 0 Å². The number of fused-ring (bicyclic) bond motifs is 1. The lowest BCUT2D eigenvalue weighted by Crippen LogP contribution is -2.44. The number of aryl methyl sites for hydroxylation is 1. The summed E-state index contributed by atoms with van der Waals surface area (Å²) in [7, 11) is 1.46. The summed E-state index contributed by atoms with van der Waals surface area (Å²) in [5, 5.41) is 16.2. The molecule has 4 heterocycles. The quantitative estimate of drug-likeness (QED) is 0.412. The van der Waals surface area contributed by atoms with Gasteiger partial charge in [-0.25, -0.2) is 18.7 Å². The van der Waals surface area contributed by atoms with E-state index in [2.05, 4.69) is 20.6 Å². The van der Waals surface area contributed by atoms with Crippen molar-refractivity contribution in [1.82, 2.24) is 20.6 Å². The molecule has 0 radical (unpaired) electrons. The zero-order chi connectivity index (χ0) is 25.1. The second-order valence-corrected chi connectivity index (χ2v) is 9.35. The average molecular weight is 499 g/mol. The molecule has 1 aromatic carbocycles. The Balaban J connectivity index is 1.49. The van der Waals surface area contributed by atoms with Crippen molar-refractivity contribution in [3.8, 4) is 17.1 Å². The van der Waals surface area contributed by atoms with Crippen LogP contribution >= 0.6 is 0 Å². The van der Waals surface area contributed by atoms with Crippen molar-refractivity contribution >= 4 is 11.5 Å². The van der Waals surface area contributed by atoms with Crippen molar-refractivity contribution in [2.24, 2.45) is 0 Å². The minimum Gasteiger partial charge on any atom is -0.467 e. The number of aromatic nitrogens is 2. The number of alkyl halides is 2. The van der Waals surface area contributed by atoms with Crippen LogP contribution < -0.4 is 20.3 Å². The molecule has 0 unspecified atom stereocenters. The number of hydrogen-bond donors (Lipinski definition) is 3. The molecule has 0 aliphatic carbocycles. The topological polar surface area (TPSA) is 95.4 Å².